The Bertz CT molecular complexity index is 1000. The summed E-state index contributed by atoms with van der Waals surface area (Å²) in [4.78, 5) is 49.6. The molecule has 0 saturated carbocycles. The third kappa shape index (κ3) is 21.8. The predicted molar refractivity (Wildman–Crippen MR) is 189 cm³/mol. The van der Waals surface area contributed by atoms with Crippen molar-refractivity contribution in [3.05, 3.63) is 0 Å². The van der Waals surface area contributed by atoms with E-state index >= 15 is 0 Å². The van der Waals surface area contributed by atoms with Crippen molar-refractivity contribution in [1.82, 2.24) is 0 Å². The molecular weight excluding hydrogens is 668 g/mol. The van der Waals surface area contributed by atoms with Crippen molar-refractivity contribution < 1.29 is 66.5 Å². The average Bonchev–Trinajstić information content (AvgIpc) is 3.03. The summed E-state index contributed by atoms with van der Waals surface area (Å²) in [5.41, 5.74) is -3.90. The van der Waals surface area contributed by atoms with Crippen molar-refractivity contribution in [2.45, 2.75) is 131 Å². The molecule has 14 heteroatoms. The number of esters is 3. The average molecular weight is 737 g/mol. The number of ketones is 1. The van der Waals surface area contributed by atoms with E-state index in [0.29, 0.717) is 19.6 Å². The first-order valence-electron chi connectivity index (χ1n) is 18.0. The van der Waals surface area contributed by atoms with Crippen LogP contribution in [-0.2, 0) is 66.5 Å². The molecule has 0 atom stereocenters. The fourth-order valence-corrected chi connectivity index (χ4v) is 4.01. The van der Waals surface area contributed by atoms with Gasteiger partial charge in [0.2, 0.25) is 0 Å². The Morgan fingerprint density at radius 1 is 0.471 bits per heavy atom. The van der Waals surface area contributed by atoms with Crippen molar-refractivity contribution >= 4 is 23.7 Å². The van der Waals surface area contributed by atoms with Crippen LogP contribution >= 0.6 is 0 Å². The molecule has 0 spiro atoms. The second-order valence-corrected chi connectivity index (χ2v) is 14.5. The maximum Gasteiger partial charge on any atom is 0.337 e. The summed E-state index contributed by atoms with van der Waals surface area (Å²) in [5.74, 6) is -1.42. The molecule has 300 valence electrons. The molecule has 0 radical (unpaired) electrons. The van der Waals surface area contributed by atoms with Gasteiger partial charge in [-0.2, -0.15) is 0 Å². The largest absolute Gasteiger partial charge is 0.463 e. The summed E-state index contributed by atoms with van der Waals surface area (Å²) < 4.78 is 54.8. The van der Waals surface area contributed by atoms with Gasteiger partial charge in [-0.3, -0.25) is 14.4 Å². The minimum atomic E-state index is -1.12. The first-order valence-corrected chi connectivity index (χ1v) is 18.0. The van der Waals surface area contributed by atoms with E-state index in [1.165, 1.54) is 0 Å². The molecule has 0 saturated heterocycles. The van der Waals surface area contributed by atoms with E-state index in [1.807, 2.05) is 41.5 Å². The number of Topliss-reactive ketones (excluding diaryl/α,β-unsaturated/α-hetero) is 1. The third-order valence-corrected chi connectivity index (χ3v) is 8.06. The molecule has 0 aromatic heterocycles. The van der Waals surface area contributed by atoms with E-state index in [9.17, 15) is 19.2 Å². The van der Waals surface area contributed by atoms with Gasteiger partial charge < -0.3 is 47.4 Å². The maximum absolute atomic E-state index is 12.7. The van der Waals surface area contributed by atoms with Crippen LogP contribution in [0.1, 0.15) is 102 Å². The highest BCUT2D eigenvalue weighted by molar-refractivity contribution is 5.86. The molecule has 0 aliphatic heterocycles. The molecule has 0 aromatic rings. The monoisotopic (exact) mass is 736 g/mol. The normalized spacial score (nSPS) is 12.7. The molecule has 0 unspecified atom stereocenters. The van der Waals surface area contributed by atoms with Crippen LogP contribution in [0.5, 0.6) is 0 Å². The molecule has 0 N–H and O–H groups in total. The minimum absolute atomic E-state index is 0.0616. The van der Waals surface area contributed by atoms with Crippen molar-refractivity contribution in [2.24, 2.45) is 5.41 Å². The zero-order valence-corrected chi connectivity index (χ0v) is 33.5. The molecule has 51 heavy (non-hydrogen) atoms. The van der Waals surface area contributed by atoms with Gasteiger partial charge in [-0.25, -0.2) is 4.79 Å². The van der Waals surface area contributed by atoms with Gasteiger partial charge in [-0.05, 0) is 89.5 Å². The smallest absolute Gasteiger partial charge is 0.337 e. The molecule has 0 fully saturated rings. The van der Waals surface area contributed by atoms with Gasteiger partial charge in [0.1, 0.15) is 25.4 Å². The molecule has 0 heterocycles. The second kappa shape index (κ2) is 24.9. The molecule has 14 nitrogen and oxygen atoms in total. The zero-order valence-electron chi connectivity index (χ0n) is 33.5. The van der Waals surface area contributed by atoms with Crippen molar-refractivity contribution in [3.63, 3.8) is 0 Å². The Kier molecular flexibility index (Phi) is 23.9. The van der Waals surface area contributed by atoms with E-state index in [4.69, 9.17) is 47.4 Å². The predicted octanol–water partition coefficient (Wildman–Crippen LogP) is 4.65. The van der Waals surface area contributed by atoms with Gasteiger partial charge in [0.15, 0.2) is 11.4 Å². The number of ether oxygens (including phenoxy) is 10. The first-order chi connectivity index (χ1) is 23.7. The Morgan fingerprint density at radius 2 is 0.902 bits per heavy atom. The van der Waals surface area contributed by atoms with Crippen LogP contribution in [0.2, 0.25) is 0 Å². The Balaban J connectivity index is 4.07. The third-order valence-electron chi connectivity index (χ3n) is 8.06. The summed E-state index contributed by atoms with van der Waals surface area (Å²) in [5, 5.41) is 0. The Hall–Kier alpha value is -2.20. The summed E-state index contributed by atoms with van der Waals surface area (Å²) in [7, 11) is 0. The quantitative estimate of drug-likeness (QED) is 0.0550. The highest BCUT2D eigenvalue weighted by Crippen LogP contribution is 2.35. The number of carbonyl (C=O) groups excluding carboxylic acids is 4. The van der Waals surface area contributed by atoms with Crippen molar-refractivity contribution in [3.8, 4) is 0 Å². The summed E-state index contributed by atoms with van der Waals surface area (Å²) >= 11 is 0. The highest BCUT2D eigenvalue weighted by atomic mass is 16.6. The molecule has 0 amide bonds. The van der Waals surface area contributed by atoms with E-state index < -0.39 is 34.2 Å². The lowest BCUT2D eigenvalue weighted by molar-refractivity contribution is -0.178. The van der Waals surface area contributed by atoms with Gasteiger partial charge >= 0.3 is 17.9 Å². The fraction of sp³-hybridized carbons (Fsp3) is 0.892. The van der Waals surface area contributed by atoms with Gasteiger partial charge in [-0.15, -0.1) is 0 Å². The first kappa shape index (κ1) is 48.8. The minimum Gasteiger partial charge on any atom is -0.463 e. The summed E-state index contributed by atoms with van der Waals surface area (Å²) in [6.45, 7) is 24.0. The lowest BCUT2D eigenvalue weighted by atomic mass is 9.77. The van der Waals surface area contributed by atoms with Crippen LogP contribution in [0, 0.1) is 5.41 Å². The highest BCUT2D eigenvalue weighted by Gasteiger charge is 2.45. The number of hydrogen-bond donors (Lipinski definition) is 0. The van der Waals surface area contributed by atoms with Crippen LogP contribution in [0.3, 0.4) is 0 Å². The molecule has 0 aliphatic rings. The topological polar surface area (TPSA) is 161 Å². The molecule has 0 rings (SSSR count). The van der Waals surface area contributed by atoms with Crippen LogP contribution in [0.4, 0.5) is 0 Å². The van der Waals surface area contributed by atoms with Crippen molar-refractivity contribution in [2.75, 3.05) is 79.3 Å². The van der Waals surface area contributed by atoms with Crippen molar-refractivity contribution in [1.29, 1.82) is 0 Å². The summed E-state index contributed by atoms with van der Waals surface area (Å²) in [6.07, 6.45) is 0.700. The molecule has 0 aliphatic carbocycles. The van der Waals surface area contributed by atoms with Crippen LogP contribution in [-0.4, -0.2) is 132 Å². The standard InChI is InChI=1S/C37H68O14/c1-28(2)44-21-23-47-32(40)34(5,6)37(11,12)51-27-19-42-16-20-46-31(39)15-13-14-30(38)35(7,8)49-25-17-43-18-26-50-36(9,10)33(41)48-24-22-45-29(3)4/h28-29H,13-27H2,1-12H3. The number of rotatable bonds is 31. The summed E-state index contributed by atoms with van der Waals surface area (Å²) in [6, 6.07) is 0. The second-order valence-electron chi connectivity index (χ2n) is 14.5. The van der Waals surface area contributed by atoms with Crippen LogP contribution < -0.4 is 0 Å². The van der Waals surface area contributed by atoms with E-state index in [0.717, 1.165) is 0 Å². The van der Waals surface area contributed by atoms with Gasteiger partial charge in [-0.1, -0.05) is 0 Å². The molecular formula is C37H68O14. The lowest BCUT2D eigenvalue weighted by Crippen LogP contribution is -2.48. The van der Waals surface area contributed by atoms with Gasteiger partial charge in [0.25, 0.3) is 0 Å². The lowest BCUT2D eigenvalue weighted by Gasteiger charge is -2.39. The maximum atomic E-state index is 12.7. The molecule has 0 aromatic carbocycles. The van der Waals surface area contributed by atoms with E-state index in [2.05, 4.69) is 0 Å². The Morgan fingerprint density at radius 3 is 1.41 bits per heavy atom. The SMILES string of the molecule is CC(C)OCCOC(=O)C(C)(C)OCCOCCOC(C)(C)C(=O)CCCC(=O)OCCOCCOC(C)(C)C(C)(C)C(=O)OCCOC(C)C. The number of hydrogen-bond acceptors (Lipinski definition) is 14. The fourth-order valence-electron chi connectivity index (χ4n) is 4.01. The van der Waals surface area contributed by atoms with Crippen LogP contribution in [0.15, 0.2) is 0 Å². The zero-order chi connectivity index (χ0) is 39.1. The molecule has 0 bridgehead atoms. The number of carbonyl (C=O) groups is 4. The van der Waals surface area contributed by atoms with Crippen LogP contribution in [0.25, 0.3) is 0 Å². The Labute approximate surface area is 306 Å². The van der Waals surface area contributed by atoms with Gasteiger partial charge in [0.05, 0.1) is 82.7 Å². The van der Waals surface area contributed by atoms with E-state index in [-0.39, 0.29) is 103 Å². The van der Waals surface area contributed by atoms with Gasteiger partial charge in [0, 0.05) is 12.8 Å². The van der Waals surface area contributed by atoms with E-state index in [1.54, 1.807) is 41.5 Å².